The molecule has 23 heavy (non-hydrogen) atoms. The van der Waals surface area contributed by atoms with Crippen LogP contribution >= 0.6 is 0 Å². The number of hydrogen-bond acceptors (Lipinski definition) is 3. The zero-order chi connectivity index (χ0) is 16.8. The second-order valence-electron chi connectivity index (χ2n) is 6.34. The molecule has 2 fully saturated rings. The number of carbonyl (C=O) groups excluding carboxylic acids is 3. The molecule has 0 unspecified atom stereocenters. The van der Waals surface area contributed by atoms with Gasteiger partial charge in [-0.05, 0) is 31.4 Å². The molecule has 6 heteroatoms. The number of rotatable bonds is 1. The molecule has 1 aromatic carbocycles. The number of piperidine rings is 1. The minimum absolute atomic E-state index is 0.00858. The van der Waals surface area contributed by atoms with Crippen LogP contribution in [-0.2, 0) is 4.79 Å². The van der Waals surface area contributed by atoms with Crippen LogP contribution in [0.4, 0.5) is 4.79 Å². The summed E-state index contributed by atoms with van der Waals surface area (Å²) in [4.78, 5) is 41.6. The fourth-order valence-corrected chi connectivity index (χ4v) is 3.56. The van der Waals surface area contributed by atoms with Crippen LogP contribution in [-0.4, -0.2) is 65.3 Å². The Bertz CT molecular complexity index is 677. The van der Waals surface area contributed by atoms with E-state index >= 15 is 0 Å². The third-order valence-corrected chi connectivity index (χ3v) is 5.17. The van der Waals surface area contributed by atoms with Gasteiger partial charge in [0.1, 0.15) is 5.54 Å². The highest BCUT2D eigenvalue weighted by Crippen LogP contribution is 2.35. The first-order chi connectivity index (χ1) is 10.9. The number of nitrogens with zero attached hydrogens (tertiary/aromatic N) is 3. The zero-order valence-corrected chi connectivity index (χ0v) is 13.7. The molecule has 0 bridgehead atoms. The smallest absolute Gasteiger partial charge is 0.327 e. The van der Waals surface area contributed by atoms with E-state index in [1.54, 1.807) is 11.9 Å². The Hall–Kier alpha value is -2.37. The molecule has 2 aliphatic heterocycles. The summed E-state index contributed by atoms with van der Waals surface area (Å²) in [6, 6.07) is 7.24. The molecule has 2 saturated heterocycles. The summed E-state index contributed by atoms with van der Waals surface area (Å²) in [7, 11) is 3.18. The summed E-state index contributed by atoms with van der Waals surface area (Å²) < 4.78 is 0. The lowest BCUT2D eigenvalue weighted by Gasteiger charge is -2.40. The van der Waals surface area contributed by atoms with Crippen molar-refractivity contribution in [1.29, 1.82) is 0 Å². The number of amides is 4. The van der Waals surface area contributed by atoms with Gasteiger partial charge in [0.25, 0.3) is 11.8 Å². The van der Waals surface area contributed by atoms with E-state index < -0.39 is 5.54 Å². The van der Waals surface area contributed by atoms with E-state index in [2.05, 4.69) is 0 Å². The van der Waals surface area contributed by atoms with Crippen molar-refractivity contribution in [3.63, 3.8) is 0 Å². The van der Waals surface area contributed by atoms with Crippen molar-refractivity contribution in [2.24, 2.45) is 0 Å². The second-order valence-corrected chi connectivity index (χ2v) is 6.34. The Kier molecular flexibility index (Phi) is 3.62. The largest absolute Gasteiger partial charge is 0.338 e. The molecule has 4 amide bonds. The molecule has 3 rings (SSSR count). The summed E-state index contributed by atoms with van der Waals surface area (Å²) >= 11 is 0. The maximum Gasteiger partial charge on any atom is 0.327 e. The predicted molar refractivity (Wildman–Crippen MR) is 85.0 cm³/mol. The van der Waals surface area contributed by atoms with Gasteiger partial charge in [-0.25, -0.2) is 4.79 Å². The SMILES string of the molecule is Cc1ccccc1C(=O)N1CCC2(CC1)C(=O)N(C)C(=O)N2C. The second kappa shape index (κ2) is 5.37. The van der Waals surface area contributed by atoms with Crippen LogP contribution in [0.2, 0.25) is 0 Å². The number of likely N-dealkylation sites (N-methyl/N-ethyl adjacent to an activating group) is 2. The number of likely N-dealkylation sites (tertiary alicyclic amines) is 1. The van der Waals surface area contributed by atoms with Crippen LogP contribution in [0, 0.1) is 6.92 Å². The van der Waals surface area contributed by atoms with E-state index in [9.17, 15) is 14.4 Å². The molecule has 0 saturated carbocycles. The lowest BCUT2D eigenvalue weighted by molar-refractivity contribution is -0.134. The molecule has 1 aromatic rings. The molecule has 0 aromatic heterocycles. The zero-order valence-electron chi connectivity index (χ0n) is 13.7. The van der Waals surface area contributed by atoms with Gasteiger partial charge in [0, 0.05) is 32.7 Å². The Balaban J connectivity index is 1.77. The van der Waals surface area contributed by atoms with Crippen LogP contribution in [0.1, 0.15) is 28.8 Å². The number of benzene rings is 1. The van der Waals surface area contributed by atoms with Crippen molar-refractivity contribution in [3.05, 3.63) is 35.4 Å². The summed E-state index contributed by atoms with van der Waals surface area (Å²) in [5, 5.41) is 0. The molecule has 2 aliphatic rings. The van der Waals surface area contributed by atoms with E-state index in [1.165, 1.54) is 16.8 Å². The third-order valence-electron chi connectivity index (χ3n) is 5.17. The molecule has 0 atom stereocenters. The van der Waals surface area contributed by atoms with Gasteiger partial charge < -0.3 is 9.80 Å². The Morgan fingerprint density at radius 1 is 1.09 bits per heavy atom. The summed E-state index contributed by atoms with van der Waals surface area (Å²) in [6.45, 7) is 2.87. The number of hydrogen-bond donors (Lipinski definition) is 0. The van der Waals surface area contributed by atoms with Gasteiger partial charge in [-0.1, -0.05) is 18.2 Å². The van der Waals surface area contributed by atoms with Crippen molar-refractivity contribution >= 4 is 17.8 Å². The molecule has 0 radical (unpaired) electrons. The van der Waals surface area contributed by atoms with Gasteiger partial charge in [-0.2, -0.15) is 0 Å². The lowest BCUT2D eigenvalue weighted by Crippen LogP contribution is -2.56. The Morgan fingerprint density at radius 3 is 2.22 bits per heavy atom. The van der Waals surface area contributed by atoms with Gasteiger partial charge in [-0.15, -0.1) is 0 Å². The van der Waals surface area contributed by atoms with Gasteiger partial charge in [0.15, 0.2) is 0 Å². The van der Waals surface area contributed by atoms with Crippen LogP contribution in [0.15, 0.2) is 24.3 Å². The van der Waals surface area contributed by atoms with Crippen LogP contribution in [0.3, 0.4) is 0 Å². The highest BCUT2D eigenvalue weighted by atomic mass is 16.2. The van der Waals surface area contributed by atoms with Crippen molar-refractivity contribution in [1.82, 2.24) is 14.7 Å². The first kappa shape index (κ1) is 15.5. The summed E-state index contributed by atoms with van der Waals surface area (Å²) in [5.41, 5.74) is 0.860. The standard InChI is InChI=1S/C17H21N3O3/c1-12-6-4-5-7-13(12)14(21)20-10-8-17(9-11-20)15(22)18(2)16(23)19(17)3/h4-7H,8-11H2,1-3H3. The van der Waals surface area contributed by atoms with Gasteiger partial charge in [0.05, 0.1) is 0 Å². The molecular formula is C17H21N3O3. The first-order valence-electron chi connectivity index (χ1n) is 7.79. The molecule has 122 valence electrons. The lowest BCUT2D eigenvalue weighted by atomic mass is 9.86. The molecular weight excluding hydrogens is 294 g/mol. The number of urea groups is 1. The molecule has 1 spiro atoms. The first-order valence-corrected chi connectivity index (χ1v) is 7.79. The fourth-order valence-electron chi connectivity index (χ4n) is 3.56. The normalized spacial score (nSPS) is 20.6. The van der Waals surface area contributed by atoms with Crippen LogP contribution < -0.4 is 0 Å². The van der Waals surface area contributed by atoms with Crippen molar-refractivity contribution in [3.8, 4) is 0 Å². The minimum atomic E-state index is -0.783. The maximum atomic E-state index is 12.7. The van der Waals surface area contributed by atoms with E-state index in [1.807, 2.05) is 31.2 Å². The topological polar surface area (TPSA) is 60.9 Å². The minimum Gasteiger partial charge on any atom is -0.338 e. The summed E-state index contributed by atoms with van der Waals surface area (Å²) in [5.74, 6) is -0.168. The van der Waals surface area contributed by atoms with E-state index in [0.29, 0.717) is 31.5 Å². The predicted octanol–water partition coefficient (Wildman–Crippen LogP) is 1.49. The van der Waals surface area contributed by atoms with Gasteiger partial charge >= 0.3 is 6.03 Å². The highest BCUT2D eigenvalue weighted by Gasteiger charge is 2.55. The monoisotopic (exact) mass is 315 g/mol. The van der Waals surface area contributed by atoms with Crippen molar-refractivity contribution in [2.45, 2.75) is 25.3 Å². The Morgan fingerprint density at radius 2 is 1.70 bits per heavy atom. The number of imide groups is 1. The van der Waals surface area contributed by atoms with E-state index in [0.717, 1.165) is 5.56 Å². The average molecular weight is 315 g/mol. The molecule has 0 N–H and O–H groups in total. The van der Waals surface area contributed by atoms with E-state index in [-0.39, 0.29) is 17.8 Å². The van der Waals surface area contributed by atoms with E-state index in [4.69, 9.17) is 0 Å². The molecule has 6 nitrogen and oxygen atoms in total. The molecule has 2 heterocycles. The average Bonchev–Trinajstić information content (AvgIpc) is 2.72. The van der Waals surface area contributed by atoms with Crippen LogP contribution in [0.5, 0.6) is 0 Å². The van der Waals surface area contributed by atoms with Gasteiger partial charge in [-0.3, -0.25) is 14.5 Å². The Labute approximate surface area is 135 Å². The summed E-state index contributed by atoms with van der Waals surface area (Å²) in [6.07, 6.45) is 0.964. The quantitative estimate of drug-likeness (QED) is 0.738. The third kappa shape index (κ3) is 2.20. The maximum absolute atomic E-state index is 12.7. The highest BCUT2D eigenvalue weighted by molar-refractivity contribution is 6.07. The number of carbonyl (C=O) groups is 3. The number of aryl methyl sites for hydroxylation is 1. The van der Waals surface area contributed by atoms with Crippen molar-refractivity contribution in [2.75, 3.05) is 27.2 Å². The van der Waals surface area contributed by atoms with Crippen molar-refractivity contribution < 1.29 is 14.4 Å². The van der Waals surface area contributed by atoms with Gasteiger partial charge in [0.2, 0.25) is 0 Å². The van der Waals surface area contributed by atoms with Crippen LogP contribution in [0.25, 0.3) is 0 Å². The molecule has 0 aliphatic carbocycles. The fraction of sp³-hybridized carbons (Fsp3) is 0.471.